The van der Waals surface area contributed by atoms with Crippen LogP contribution in [0.5, 0.6) is 0 Å². The summed E-state index contributed by atoms with van der Waals surface area (Å²) in [7, 11) is 2.22. The number of halogens is 1. The first kappa shape index (κ1) is 13.6. The molecule has 2 saturated heterocycles. The predicted molar refractivity (Wildman–Crippen MR) is 83.6 cm³/mol. The Morgan fingerprint density at radius 2 is 2.00 bits per heavy atom. The van der Waals surface area contributed by atoms with Gasteiger partial charge in [0, 0.05) is 10.5 Å². The first-order valence-corrected chi connectivity index (χ1v) is 8.24. The van der Waals surface area contributed by atoms with Gasteiger partial charge in [0.25, 0.3) is 0 Å². The summed E-state index contributed by atoms with van der Waals surface area (Å²) >= 11 is 3.80. The molecule has 0 amide bonds. The molecule has 2 aliphatic rings. The van der Waals surface area contributed by atoms with Crippen molar-refractivity contribution < 1.29 is 0 Å². The largest absolute Gasteiger partial charge is 0.310 e. The van der Waals surface area contributed by atoms with Gasteiger partial charge in [0.1, 0.15) is 0 Å². The van der Waals surface area contributed by atoms with Gasteiger partial charge in [-0.3, -0.25) is 0 Å². The number of hydrogen-bond donors (Lipinski definition) is 1. The molecule has 19 heavy (non-hydrogen) atoms. The van der Waals surface area contributed by atoms with Crippen molar-refractivity contribution in [2.75, 3.05) is 26.7 Å². The van der Waals surface area contributed by atoms with Crippen LogP contribution in [-0.2, 0) is 0 Å². The van der Waals surface area contributed by atoms with E-state index in [1.807, 2.05) is 0 Å². The first-order chi connectivity index (χ1) is 9.24. The number of benzene rings is 1. The van der Waals surface area contributed by atoms with Gasteiger partial charge in [-0.1, -0.05) is 28.1 Å². The van der Waals surface area contributed by atoms with Crippen molar-refractivity contribution in [3.8, 4) is 0 Å². The number of hydrogen-bond acceptors (Lipinski definition) is 2. The van der Waals surface area contributed by atoms with Gasteiger partial charge in [0.05, 0.1) is 0 Å². The molecule has 1 atom stereocenters. The Bertz CT molecular complexity index is 432. The third-order valence-corrected chi connectivity index (χ3v) is 5.33. The van der Waals surface area contributed by atoms with E-state index in [9.17, 15) is 0 Å². The minimum Gasteiger partial charge on any atom is -0.310 e. The molecule has 1 N–H and O–H groups in total. The van der Waals surface area contributed by atoms with E-state index in [2.05, 4.69) is 51.4 Å². The summed E-state index contributed by atoms with van der Waals surface area (Å²) in [5.41, 5.74) is 2.95. The molecule has 1 aromatic carbocycles. The maximum atomic E-state index is 3.80. The monoisotopic (exact) mass is 322 g/mol. The molecule has 0 aromatic heterocycles. The van der Waals surface area contributed by atoms with Crippen LogP contribution in [0.3, 0.4) is 0 Å². The zero-order valence-electron chi connectivity index (χ0n) is 11.7. The van der Waals surface area contributed by atoms with Crippen molar-refractivity contribution in [3.05, 3.63) is 33.8 Å². The van der Waals surface area contributed by atoms with Crippen LogP contribution in [-0.4, -0.2) is 31.6 Å². The van der Waals surface area contributed by atoms with Gasteiger partial charge in [-0.25, -0.2) is 0 Å². The molecule has 2 nitrogen and oxygen atoms in total. The Kier molecular flexibility index (Phi) is 4.25. The van der Waals surface area contributed by atoms with E-state index in [0.717, 1.165) is 5.92 Å². The molecule has 0 radical (unpaired) electrons. The number of rotatable bonds is 2. The molecule has 2 aliphatic heterocycles. The maximum absolute atomic E-state index is 3.80. The molecule has 0 bridgehead atoms. The van der Waals surface area contributed by atoms with Crippen molar-refractivity contribution in [2.45, 2.75) is 37.6 Å². The van der Waals surface area contributed by atoms with E-state index < -0.39 is 0 Å². The normalized spacial score (nSPS) is 25.9. The van der Waals surface area contributed by atoms with Crippen LogP contribution in [0.1, 0.15) is 48.8 Å². The zero-order valence-corrected chi connectivity index (χ0v) is 13.2. The molecule has 2 heterocycles. The minimum atomic E-state index is 0.572. The summed E-state index contributed by atoms with van der Waals surface area (Å²) in [6.45, 7) is 3.62. The molecule has 1 unspecified atom stereocenters. The number of piperidine rings is 1. The van der Waals surface area contributed by atoms with Crippen LogP contribution in [0.15, 0.2) is 22.7 Å². The van der Waals surface area contributed by atoms with E-state index in [0.29, 0.717) is 6.04 Å². The molecular formula is C16H23BrN2. The van der Waals surface area contributed by atoms with Crippen molar-refractivity contribution in [2.24, 2.45) is 0 Å². The Balaban J connectivity index is 1.75. The fourth-order valence-electron chi connectivity index (χ4n) is 3.38. The van der Waals surface area contributed by atoms with Crippen LogP contribution < -0.4 is 5.32 Å². The molecule has 0 saturated carbocycles. The van der Waals surface area contributed by atoms with Gasteiger partial charge < -0.3 is 10.2 Å². The number of nitrogens with zero attached hydrogens (tertiary/aromatic N) is 1. The Morgan fingerprint density at radius 3 is 2.63 bits per heavy atom. The molecular weight excluding hydrogens is 300 g/mol. The highest BCUT2D eigenvalue weighted by atomic mass is 79.9. The molecule has 104 valence electrons. The SMILES string of the molecule is CN1CCC(c2ccc(C3CCCN3)cc2Br)CC1. The average Bonchev–Trinajstić information content (AvgIpc) is 2.94. The lowest BCUT2D eigenvalue weighted by molar-refractivity contribution is 0.255. The smallest absolute Gasteiger partial charge is 0.0321 e. The van der Waals surface area contributed by atoms with E-state index in [1.54, 1.807) is 0 Å². The van der Waals surface area contributed by atoms with Gasteiger partial charge in [-0.05, 0) is 75.5 Å². The summed E-state index contributed by atoms with van der Waals surface area (Å²) in [5.74, 6) is 0.733. The van der Waals surface area contributed by atoms with Crippen molar-refractivity contribution >= 4 is 15.9 Å². The van der Waals surface area contributed by atoms with Gasteiger partial charge in [0.15, 0.2) is 0 Å². The molecule has 3 rings (SSSR count). The lowest BCUT2D eigenvalue weighted by atomic mass is 9.88. The molecule has 3 heteroatoms. The molecule has 0 spiro atoms. The average molecular weight is 323 g/mol. The molecule has 0 aliphatic carbocycles. The molecule has 1 aromatic rings. The van der Waals surface area contributed by atoms with Crippen LogP contribution in [0.2, 0.25) is 0 Å². The maximum Gasteiger partial charge on any atom is 0.0321 e. The van der Waals surface area contributed by atoms with Gasteiger partial charge in [-0.2, -0.15) is 0 Å². The van der Waals surface area contributed by atoms with Crippen LogP contribution in [0.25, 0.3) is 0 Å². The van der Waals surface area contributed by atoms with Gasteiger partial charge in [-0.15, -0.1) is 0 Å². The van der Waals surface area contributed by atoms with Crippen LogP contribution in [0, 0.1) is 0 Å². The van der Waals surface area contributed by atoms with Crippen molar-refractivity contribution in [1.29, 1.82) is 0 Å². The Hall–Kier alpha value is -0.380. The van der Waals surface area contributed by atoms with E-state index in [4.69, 9.17) is 0 Å². The summed E-state index contributed by atoms with van der Waals surface area (Å²) in [5, 5.41) is 3.58. The predicted octanol–water partition coefficient (Wildman–Crippen LogP) is 3.68. The third kappa shape index (κ3) is 3.04. The fraction of sp³-hybridized carbons (Fsp3) is 0.625. The van der Waals surface area contributed by atoms with Crippen LogP contribution >= 0.6 is 15.9 Å². The van der Waals surface area contributed by atoms with Gasteiger partial charge >= 0.3 is 0 Å². The minimum absolute atomic E-state index is 0.572. The second-order valence-corrected chi connectivity index (χ2v) is 6.86. The quantitative estimate of drug-likeness (QED) is 0.893. The topological polar surface area (TPSA) is 15.3 Å². The highest BCUT2D eigenvalue weighted by molar-refractivity contribution is 9.10. The number of likely N-dealkylation sites (tertiary alicyclic amines) is 1. The highest BCUT2D eigenvalue weighted by Gasteiger charge is 2.22. The Labute approximate surface area is 124 Å². The van der Waals surface area contributed by atoms with Gasteiger partial charge in [0.2, 0.25) is 0 Å². The lowest BCUT2D eigenvalue weighted by Gasteiger charge is -2.30. The summed E-state index contributed by atoms with van der Waals surface area (Å²) in [6, 6.07) is 7.61. The van der Waals surface area contributed by atoms with E-state index >= 15 is 0 Å². The second kappa shape index (κ2) is 5.94. The van der Waals surface area contributed by atoms with E-state index in [1.165, 1.54) is 60.9 Å². The lowest BCUT2D eigenvalue weighted by Crippen LogP contribution is -2.29. The molecule has 2 fully saturated rings. The van der Waals surface area contributed by atoms with E-state index in [-0.39, 0.29) is 0 Å². The van der Waals surface area contributed by atoms with Crippen molar-refractivity contribution in [1.82, 2.24) is 10.2 Å². The standard InChI is InChI=1S/C16H23BrN2/c1-19-9-6-12(7-10-19)14-5-4-13(11-15(14)17)16-3-2-8-18-16/h4-5,11-12,16,18H,2-3,6-10H2,1H3. The third-order valence-electron chi connectivity index (χ3n) is 4.65. The van der Waals surface area contributed by atoms with Crippen molar-refractivity contribution in [3.63, 3.8) is 0 Å². The Morgan fingerprint density at radius 1 is 1.21 bits per heavy atom. The fourth-order valence-corrected chi connectivity index (χ4v) is 4.10. The first-order valence-electron chi connectivity index (χ1n) is 7.45. The zero-order chi connectivity index (χ0) is 13.2. The summed E-state index contributed by atoms with van der Waals surface area (Å²) in [4.78, 5) is 2.43. The highest BCUT2D eigenvalue weighted by Crippen LogP contribution is 2.35. The summed E-state index contributed by atoms with van der Waals surface area (Å²) in [6.07, 6.45) is 5.16. The summed E-state index contributed by atoms with van der Waals surface area (Å²) < 4.78 is 1.31. The van der Waals surface area contributed by atoms with Crippen LogP contribution in [0.4, 0.5) is 0 Å². The number of nitrogens with one attached hydrogen (secondary N) is 1. The second-order valence-electron chi connectivity index (χ2n) is 6.01.